The van der Waals surface area contributed by atoms with Crippen LogP contribution in [-0.2, 0) is 27.4 Å². The second kappa shape index (κ2) is 14.0. The zero-order chi connectivity index (χ0) is 27.5. The van der Waals surface area contributed by atoms with Crippen molar-refractivity contribution in [3.63, 3.8) is 0 Å². The molecule has 0 aliphatic carbocycles. The summed E-state index contributed by atoms with van der Waals surface area (Å²) < 4.78 is 5.90. The molecule has 2 amide bonds. The number of hydrogen-bond donors (Lipinski definition) is 2. The average Bonchev–Trinajstić information content (AvgIpc) is 2.97. The molecule has 1 atom stereocenters. The van der Waals surface area contributed by atoms with Gasteiger partial charge in [-0.05, 0) is 48.1 Å². The number of hydrogen-bond acceptors (Lipinski definition) is 6. The fourth-order valence-electron chi connectivity index (χ4n) is 4.87. The highest BCUT2D eigenvalue weighted by Crippen LogP contribution is 2.34. The lowest BCUT2D eigenvalue weighted by molar-refractivity contribution is -0.137. The Balaban J connectivity index is 1.37. The van der Waals surface area contributed by atoms with Gasteiger partial charge in [0.25, 0.3) is 0 Å². The number of carboxylic acids is 1. The molecule has 1 saturated heterocycles. The lowest BCUT2D eigenvalue weighted by atomic mass is 9.79. The standard InChI is InChI=1S/C30H34N4O5/c35-27(12-11-26-31-16-4-17-32-26)34-19-14-24(15-20-34)29(30(38)33-18-13-28(36)37)23-7-9-25(10-8-23)39-21-22-5-2-1-3-6-22/h1-10,16-17,24,29H,11-15,18-21H2,(H,33,38)(H,36,37)/t29-/m1/s1. The van der Waals surface area contributed by atoms with Gasteiger partial charge in [0.1, 0.15) is 18.2 Å². The third kappa shape index (κ3) is 8.36. The Morgan fingerprint density at radius 2 is 1.64 bits per heavy atom. The normalized spacial score (nSPS) is 14.4. The molecule has 2 N–H and O–H groups in total. The molecule has 0 unspecified atom stereocenters. The van der Waals surface area contributed by atoms with Gasteiger partial charge < -0.3 is 20.1 Å². The van der Waals surface area contributed by atoms with Crippen molar-refractivity contribution in [1.82, 2.24) is 20.2 Å². The number of aryl methyl sites for hydroxylation is 1. The van der Waals surface area contributed by atoms with E-state index in [2.05, 4.69) is 15.3 Å². The summed E-state index contributed by atoms with van der Waals surface area (Å²) in [4.78, 5) is 47.2. The molecule has 1 fully saturated rings. The highest BCUT2D eigenvalue weighted by atomic mass is 16.5. The molecule has 0 saturated carbocycles. The van der Waals surface area contributed by atoms with Gasteiger partial charge in [0.05, 0.1) is 12.3 Å². The van der Waals surface area contributed by atoms with Crippen LogP contribution in [0.25, 0.3) is 0 Å². The van der Waals surface area contributed by atoms with Crippen LogP contribution in [0.4, 0.5) is 0 Å². The minimum absolute atomic E-state index is 0.0208. The second-order valence-corrected chi connectivity index (χ2v) is 9.64. The van der Waals surface area contributed by atoms with Gasteiger partial charge in [0.2, 0.25) is 11.8 Å². The highest BCUT2D eigenvalue weighted by molar-refractivity contribution is 5.84. The quantitative estimate of drug-likeness (QED) is 0.367. The molecule has 0 spiro atoms. The van der Waals surface area contributed by atoms with E-state index in [1.165, 1.54) is 0 Å². The molecule has 1 aliphatic heterocycles. The van der Waals surface area contributed by atoms with Gasteiger partial charge >= 0.3 is 5.97 Å². The Bertz CT molecular complexity index is 1210. The zero-order valence-electron chi connectivity index (χ0n) is 21.9. The first-order chi connectivity index (χ1) is 19.0. The average molecular weight is 531 g/mol. The molecule has 0 radical (unpaired) electrons. The van der Waals surface area contributed by atoms with Crippen molar-refractivity contribution in [2.24, 2.45) is 5.92 Å². The fraction of sp³-hybridized carbons (Fsp3) is 0.367. The van der Waals surface area contributed by atoms with E-state index in [-0.39, 0.29) is 30.7 Å². The van der Waals surface area contributed by atoms with E-state index in [9.17, 15) is 14.4 Å². The Kier molecular flexibility index (Phi) is 9.99. The van der Waals surface area contributed by atoms with Crippen LogP contribution in [0.2, 0.25) is 0 Å². The lowest BCUT2D eigenvalue weighted by Crippen LogP contribution is -2.43. The maximum atomic E-state index is 13.3. The number of nitrogens with one attached hydrogen (secondary N) is 1. The minimum Gasteiger partial charge on any atom is -0.489 e. The van der Waals surface area contributed by atoms with Crippen molar-refractivity contribution in [2.75, 3.05) is 19.6 Å². The monoisotopic (exact) mass is 530 g/mol. The van der Waals surface area contributed by atoms with Crippen molar-refractivity contribution >= 4 is 17.8 Å². The van der Waals surface area contributed by atoms with E-state index in [0.717, 1.165) is 11.1 Å². The molecule has 9 nitrogen and oxygen atoms in total. The van der Waals surface area contributed by atoms with Crippen LogP contribution < -0.4 is 10.1 Å². The van der Waals surface area contributed by atoms with Crippen LogP contribution in [0.1, 0.15) is 48.6 Å². The van der Waals surface area contributed by atoms with Crippen molar-refractivity contribution < 1.29 is 24.2 Å². The SMILES string of the molecule is O=C(O)CCNC(=O)[C@H](c1ccc(OCc2ccccc2)cc1)C1CCN(C(=O)CCc2ncccn2)CC1. The zero-order valence-corrected chi connectivity index (χ0v) is 21.9. The molecule has 0 bridgehead atoms. The molecular weight excluding hydrogens is 496 g/mol. The van der Waals surface area contributed by atoms with E-state index in [4.69, 9.17) is 9.84 Å². The lowest BCUT2D eigenvalue weighted by Gasteiger charge is -2.36. The molecule has 3 aromatic rings. The smallest absolute Gasteiger partial charge is 0.305 e. The first kappa shape index (κ1) is 27.8. The Morgan fingerprint density at radius 3 is 2.31 bits per heavy atom. The summed E-state index contributed by atoms with van der Waals surface area (Å²) >= 11 is 0. The fourth-order valence-corrected chi connectivity index (χ4v) is 4.87. The number of piperidine rings is 1. The number of nitrogens with zero attached hydrogens (tertiary/aromatic N) is 3. The summed E-state index contributed by atoms with van der Waals surface area (Å²) in [6.07, 6.45) is 5.39. The summed E-state index contributed by atoms with van der Waals surface area (Å²) in [7, 11) is 0. The van der Waals surface area contributed by atoms with E-state index < -0.39 is 11.9 Å². The number of aromatic nitrogens is 2. The van der Waals surface area contributed by atoms with E-state index >= 15 is 0 Å². The summed E-state index contributed by atoms with van der Waals surface area (Å²) in [5.74, 6) is -0.169. The third-order valence-electron chi connectivity index (χ3n) is 6.95. The summed E-state index contributed by atoms with van der Waals surface area (Å²) in [6, 6.07) is 19.2. The number of aliphatic carboxylic acids is 1. The van der Waals surface area contributed by atoms with Gasteiger partial charge in [0.15, 0.2) is 0 Å². The largest absolute Gasteiger partial charge is 0.489 e. The van der Waals surface area contributed by atoms with Crippen LogP contribution in [0.15, 0.2) is 73.1 Å². The highest BCUT2D eigenvalue weighted by Gasteiger charge is 2.33. The van der Waals surface area contributed by atoms with Crippen molar-refractivity contribution in [1.29, 1.82) is 0 Å². The van der Waals surface area contributed by atoms with Crippen LogP contribution in [-0.4, -0.2) is 57.4 Å². The molecule has 9 heteroatoms. The number of carbonyl (C=O) groups excluding carboxylic acids is 2. The molecule has 39 heavy (non-hydrogen) atoms. The molecule has 2 heterocycles. The number of benzene rings is 2. The van der Waals surface area contributed by atoms with Gasteiger partial charge in [-0.1, -0.05) is 42.5 Å². The number of carbonyl (C=O) groups is 3. The third-order valence-corrected chi connectivity index (χ3v) is 6.95. The van der Waals surface area contributed by atoms with E-state index in [1.54, 1.807) is 18.5 Å². The van der Waals surface area contributed by atoms with Gasteiger partial charge in [-0.2, -0.15) is 0 Å². The summed E-state index contributed by atoms with van der Waals surface area (Å²) in [5.41, 5.74) is 1.91. The predicted molar refractivity (Wildman–Crippen MR) is 145 cm³/mol. The number of likely N-dealkylation sites (tertiary alicyclic amines) is 1. The Morgan fingerprint density at radius 1 is 0.949 bits per heavy atom. The molecule has 204 valence electrons. The van der Waals surface area contributed by atoms with Gasteiger partial charge in [-0.15, -0.1) is 0 Å². The van der Waals surface area contributed by atoms with Crippen LogP contribution >= 0.6 is 0 Å². The topological polar surface area (TPSA) is 122 Å². The van der Waals surface area contributed by atoms with Crippen molar-refractivity contribution in [3.05, 3.63) is 90.0 Å². The van der Waals surface area contributed by atoms with Gasteiger partial charge in [-0.3, -0.25) is 14.4 Å². The molecule has 1 aliphatic rings. The maximum Gasteiger partial charge on any atom is 0.305 e. The first-order valence-corrected chi connectivity index (χ1v) is 13.3. The molecule has 1 aromatic heterocycles. The molecular formula is C30H34N4O5. The Hall–Kier alpha value is -4.27. The predicted octanol–water partition coefficient (Wildman–Crippen LogP) is 3.60. The second-order valence-electron chi connectivity index (χ2n) is 9.64. The minimum atomic E-state index is -0.959. The molecule has 2 aromatic carbocycles. The van der Waals surface area contributed by atoms with Crippen LogP contribution in [0, 0.1) is 5.92 Å². The van der Waals surface area contributed by atoms with Crippen LogP contribution in [0.3, 0.4) is 0 Å². The van der Waals surface area contributed by atoms with E-state index in [1.807, 2.05) is 59.5 Å². The number of amides is 2. The Labute approximate surface area is 228 Å². The van der Waals surface area contributed by atoms with Crippen LogP contribution in [0.5, 0.6) is 5.75 Å². The maximum absolute atomic E-state index is 13.3. The number of rotatable bonds is 12. The van der Waals surface area contributed by atoms with E-state index in [0.29, 0.717) is 57.0 Å². The van der Waals surface area contributed by atoms with Crippen molar-refractivity contribution in [2.45, 2.75) is 44.6 Å². The first-order valence-electron chi connectivity index (χ1n) is 13.3. The summed E-state index contributed by atoms with van der Waals surface area (Å²) in [5, 5.41) is 11.8. The van der Waals surface area contributed by atoms with Gasteiger partial charge in [-0.25, -0.2) is 9.97 Å². The number of carboxylic acid groups (broad SMARTS) is 1. The summed E-state index contributed by atoms with van der Waals surface area (Å²) in [6.45, 7) is 1.65. The van der Waals surface area contributed by atoms with Crippen molar-refractivity contribution in [3.8, 4) is 5.75 Å². The number of ether oxygens (including phenoxy) is 1. The molecule has 4 rings (SSSR count). The van der Waals surface area contributed by atoms with Gasteiger partial charge in [0, 0.05) is 44.9 Å².